The second kappa shape index (κ2) is 5.17. The first-order chi connectivity index (χ1) is 9.66. The Morgan fingerprint density at radius 2 is 2.20 bits per heavy atom. The van der Waals surface area contributed by atoms with Gasteiger partial charge in [0.2, 0.25) is 5.91 Å². The highest BCUT2D eigenvalue weighted by Crippen LogP contribution is 2.37. The highest BCUT2D eigenvalue weighted by Gasteiger charge is 2.30. The number of nitrogens with zero attached hydrogens (tertiary/aromatic N) is 2. The maximum absolute atomic E-state index is 11.8. The highest BCUT2D eigenvalue weighted by atomic mass is 35.5. The van der Waals surface area contributed by atoms with Crippen molar-refractivity contribution in [3.05, 3.63) is 47.5 Å². The molecule has 1 atom stereocenters. The van der Waals surface area contributed by atoms with E-state index in [4.69, 9.17) is 17.3 Å². The average molecular weight is 291 g/mol. The van der Waals surface area contributed by atoms with Crippen molar-refractivity contribution in [1.82, 2.24) is 9.55 Å². The lowest BCUT2D eigenvalue weighted by atomic mass is 10.2. The fourth-order valence-electron chi connectivity index (χ4n) is 2.22. The maximum Gasteiger partial charge on any atom is 0.246 e. The summed E-state index contributed by atoms with van der Waals surface area (Å²) < 4.78 is 2.01. The Labute approximate surface area is 121 Å². The van der Waals surface area contributed by atoms with Gasteiger partial charge in [0, 0.05) is 6.04 Å². The second-order valence-electron chi connectivity index (χ2n) is 4.92. The summed E-state index contributed by atoms with van der Waals surface area (Å²) in [5.41, 5.74) is 6.99. The predicted molar refractivity (Wildman–Crippen MR) is 77.5 cm³/mol. The van der Waals surface area contributed by atoms with Gasteiger partial charge in [-0.1, -0.05) is 23.7 Å². The number of carbonyl (C=O) groups excluding carboxylic acids is 1. The molecule has 1 aliphatic rings. The summed E-state index contributed by atoms with van der Waals surface area (Å²) in [6, 6.07) is 7.06. The Kier molecular flexibility index (Phi) is 3.36. The van der Waals surface area contributed by atoms with Gasteiger partial charge in [-0.2, -0.15) is 0 Å². The molecule has 1 aliphatic carbocycles. The van der Waals surface area contributed by atoms with Gasteiger partial charge >= 0.3 is 0 Å². The number of nitrogens with one attached hydrogen (secondary N) is 1. The van der Waals surface area contributed by atoms with Crippen molar-refractivity contribution in [2.75, 3.05) is 5.32 Å². The van der Waals surface area contributed by atoms with Crippen LogP contribution in [0.1, 0.15) is 30.6 Å². The highest BCUT2D eigenvalue weighted by molar-refractivity contribution is 6.33. The van der Waals surface area contributed by atoms with Gasteiger partial charge in [0.15, 0.2) is 0 Å². The van der Waals surface area contributed by atoms with E-state index in [2.05, 4.69) is 10.3 Å². The van der Waals surface area contributed by atoms with Gasteiger partial charge in [0.25, 0.3) is 0 Å². The van der Waals surface area contributed by atoms with E-state index in [0.29, 0.717) is 16.8 Å². The summed E-state index contributed by atoms with van der Waals surface area (Å²) in [5, 5.41) is 3.66. The van der Waals surface area contributed by atoms with Crippen LogP contribution in [-0.4, -0.2) is 15.5 Å². The number of hydrogen-bond acceptors (Lipinski definition) is 3. The molecule has 0 aliphatic heterocycles. The van der Waals surface area contributed by atoms with Crippen molar-refractivity contribution in [2.45, 2.75) is 24.9 Å². The molecule has 1 aromatic carbocycles. The van der Waals surface area contributed by atoms with Crippen molar-refractivity contribution < 1.29 is 4.79 Å². The van der Waals surface area contributed by atoms with Gasteiger partial charge in [-0.05, 0) is 25.0 Å². The number of primary amides is 1. The number of amides is 1. The van der Waals surface area contributed by atoms with Crippen molar-refractivity contribution in [3.8, 4) is 0 Å². The van der Waals surface area contributed by atoms with E-state index in [1.165, 1.54) is 0 Å². The van der Waals surface area contributed by atoms with E-state index in [1.54, 1.807) is 18.6 Å². The SMILES string of the molecule is NC(=O)C(Nc1ccccc1Cl)c1cncn1C1CC1. The largest absolute Gasteiger partial charge is 0.368 e. The first-order valence-corrected chi connectivity index (χ1v) is 6.86. The molecule has 1 heterocycles. The van der Waals surface area contributed by atoms with E-state index in [0.717, 1.165) is 18.5 Å². The van der Waals surface area contributed by atoms with Crippen LogP contribution in [0.5, 0.6) is 0 Å². The van der Waals surface area contributed by atoms with Crippen LogP contribution in [-0.2, 0) is 4.79 Å². The minimum atomic E-state index is -0.641. The van der Waals surface area contributed by atoms with E-state index < -0.39 is 11.9 Å². The van der Waals surface area contributed by atoms with Crippen LogP contribution in [0.4, 0.5) is 5.69 Å². The number of carbonyl (C=O) groups is 1. The molecule has 2 aromatic rings. The smallest absolute Gasteiger partial charge is 0.246 e. The zero-order valence-electron chi connectivity index (χ0n) is 10.8. The summed E-state index contributed by atoms with van der Waals surface area (Å²) in [6.45, 7) is 0. The zero-order valence-corrected chi connectivity index (χ0v) is 11.5. The third kappa shape index (κ3) is 2.49. The zero-order chi connectivity index (χ0) is 14.1. The first-order valence-electron chi connectivity index (χ1n) is 6.49. The Balaban J connectivity index is 1.91. The number of benzene rings is 1. The van der Waals surface area contributed by atoms with E-state index in [9.17, 15) is 4.79 Å². The third-order valence-electron chi connectivity index (χ3n) is 3.39. The molecule has 0 spiro atoms. The third-order valence-corrected chi connectivity index (χ3v) is 3.72. The minimum absolute atomic E-state index is 0.433. The number of rotatable bonds is 5. The van der Waals surface area contributed by atoms with Crippen LogP contribution in [0.2, 0.25) is 5.02 Å². The Bertz CT molecular complexity index is 636. The number of halogens is 1. The molecule has 20 heavy (non-hydrogen) atoms. The molecule has 3 N–H and O–H groups in total. The van der Waals surface area contributed by atoms with Crippen LogP contribution in [0.3, 0.4) is 0 Å². The summed E-state index contributed by atoms with van der Waals surface area (Å²) in [4.78, 5) is 15.9. The lowest BCUT2D eigenvalue weighted by Gasteiger charge is -2.19. The molecule has 5 nitrogen and oxygen atoms in total. The number of hydrogen-bond donors (Lipinski definition) is 2. The fourth-order valence-corrected chi connectivity index (χ4v) is 2.41. The fraction of sp³-hybridized carbons (Fsp3) is 0.286. The van der Waals surface area contributed by atoms with Gasteiger partial charge < -0.3 is 15.6 Å². The minimum Gasteiger partial charge on any atom is -0.368 e. The first kappa shape index (κ1) is 13.0. The van der Waals surface area contributed by atoms with Gasteiger partial charge in [0.05, 0.1) is 28.9 Å². The Hall–Kier alpha value is -2.01. The monoisotopic (exact) mass is 290 g/mol. The van der Waals surface area contributed by atoms with Gasteiger partial charge in [-0.3, -0.25) is 4.79 Å². The summed E-state index contributed by atoms with van der Waals surface area (Å²) in [7, 11) is 0. The van der Waals surface area contributed by atoms with Crippen molar-refractivity contribution in [1.29, 1.82) is 0 Å². The Morgan fingerprint density at radius 1 is 1.45 bits per heavy atom. The number of imidazole rings is 1. The van der Waals surface area contributed by atoms with Crippen molar-refractivity contribution in [2.24, 2.45) is 5.73 Å². The number of para-hydroxylation sites is 1. The lowest BCUT2D eigenvalue weighted by Crippen LogP contribution is -2.29. The molecule has 0 bridgehead atoms. The standard InChI is InChI=1S/C14H15ClN4O/c15-10-3-1-2-4-11(10)18-13(14(16)20)12-7-17-8-19(12)9-5-6-9/h1-4,7-9,13,18H,5-6H2,(H2,16,20). The van der Waals surface area contributed by atoms with E-state index in [1.807, 2.05) is 22.8 Å². The molecular formula is C14H15ClN4O. The predicted octanol–water partition coefficient (Wildman–Crippen LogP) is 2.51. The number of aromatic nitrogens is 2. The molecule has 1 saturated carbocycles. The van der Waals surface area contributed by atoms with Crippen LogP contribution < -0.4 is 11.1 Å². The van der Waals surface area contributed by atoms with Crippen molar-refractivity contribution >= 4 is 23.2 Å². The van der Waals surface area contributed by atoms with E-state index in [-0.39, 0.29) is 0 Å². The maximum atomic E-state index is 11.8. The molecule has 0 saturated heterocycles. The molecule has 1 aromatic heterocycles. The number of anilines is 1. The molecule has 104 valence electrons. The topological polar surface area (TPSA) is 72.9 Å². The molecule has 1 amide bonds. The van der Waals surface area contributed by atoms with Gasteiger partial charge in [0.1, 0.15) is 6.04 Å². The van der Waals surface area contributed by atoms with Crippen LogP contribution in [0, 0.1) is 0 Å². The molecule has 0 radical (unpaired) electrons. The molecule has 6 heteroatoms. The molecular weight excluding hydrogens is 276 g/mol. The Morgan fingerprint density at radius 3 is 2.85 bits per heavy atom. The lowest BCUT2D eigenvalue weighted by molar-refractivity contribution is -0.119. The van der Waals surface area contributed by atoms with Crippen LogP contribution in [0.15, 0.2) is 36.8 Å². The van der Waals surface area contributed by atoms with Crippen LogP contribution >= 0.6 is 11.6 Å². The molecule has 1 fully saturated rings. The average Bonchev–Trinajstić information content (AvgIpc) is 3.16. The summed E-state index contributed by atoms with van der Waals surface area (Å²) in [5.74, 6) is -0.452. The van der Waals surface area contributed by atoms with Crippen molar-refractivity contribution in [3.63, 3.8) is 0 Å². The van der Waals surface area contributed by atoms with Crippen LogP contribution in [0.25, 0.3) is 0 Å². The second-order valence-corrected chi connectivity index (χ2v) is 5.32. The van der Waals surface area contributed by atoms with Gasteiger partial charge in [-0.15, -0.1) is 0 Å². The normalized spacial score (nSPS) is 15.8. The van der Waals surface area contributed by atoms with E-state index >= 15 is 0 Å². The summed E-state index contributed by atoms with van der Waals surface area (Å²) >= 11 is 6.11. The quantitative estimate of drug-likeness (QED) is 0.888. The van der Waals surface area contributed by atoms with Gasteiger partial charge in [-0.25, -0.2) is 4.98 Å². The number of nitrogens with two attached hydrogens (primary N) is 1. The molecule has 3 rings (SSSR count). The summed E-state index contributed by atoms with van der Waals surface area (Å²) in [6.07, 6.45) is 5.65. The molecule has 1 unspecified atom stereocenters.